The van der Waals surface area contributed by atoms with Crippen LogP contribution in [0.5, 0.6) is 5.75 Å². The van der Waals surface area contributed by atoms with Crippen molar-refractivity contribution >= 4 is 17.3 Å². The molecule has 82 valence electrons. The Morgan fingerprint density at radius 2 is 2.50 bits per heavy atom. The van der Waals surface area contributed by atoms with E-state index in [0.29, 0.717) is 12.6 Å². The number of nitrogens with zero attached hydrogens (tertiary/aromatic N) is 2. The predicted octanol–water partition coefficient (Wildman–Crippen LogP) is 2.53. The largest absolute Gasteiger partial charge is 0.485 e. The zero-order valence-corrected chi connectivity index (χ0v) is 9.67. The van der Waals surface area contributed by atoms with Crippen molar-refractivity contribution in [1.82, 2.24) is 9.97 Å². The van der Waals surface area contributed by atoms with Gasteiger partial charge < -0.3 is 10.1 Å². The van der Waals surface area contributed by atoms with Gasteiger partial charge in [-0.3, -0.25) is 0 Å². The van der Waals surface area contributed by atoms with E-state index < -0.39 is 0 Å². The molecule has 1 N–H and O–H groups in total. The maximum atomic E-state index is 5.60. The van der Waals surface area contributed by atoms with Gasteiger partial charge in [0.2, 0.25) is 5.95 Å². The molecule has 0 saturated heterocycles. The third kappa shape index (κ3) is 1.44. The van der Waals surface area contributed by atoms with Crippen LogP contribution in [-0.4, -0.2) is 16.5 Å². The van der Waals surface area contributed by atoms with Crippen LogP contribution in [-0.2, 0) is 6.61 Å². The SMILES string of the molecule is CCNc1ncc2c(n1)-c1sccc1CO2. The molecule has 5 heteroatoms. The van der Waals surface area contributed by atoms with Crippen LogP contribution in [0.25, 0.3) is 10.6 Å². The lowest BCUT2D eigenvalue weighted by Gasteiger charge is -2.16. The first kappa shape index (κ1) is 9.59. The molecule has 3 rings (SSSR count). The summed E-state index contributed by atoms with van der Waals surface area (Å²) < 4.78 is 5.60. The standard InChI is InChI=1S/C11H11N3OS/c1-2-12-11-13-5-8-9(14-11)10-7(6-15-8)3-4-16-10/h3-5H,2,6H2,1H3,(H,12,13,14). The van der Waals surface area contributed by atoms with Crippen molar-refractivity contribution in [1.29, 1.82) is 0 Å². The quantitative estimate of drug-likeness (QED) is 0.865. The topological polar surface area (TPSA) is 47.0 Å². The van der Waals surface area contributed by atoms with Crippen molar-refractivity contribution in [2.75, 3.05) is 11.9 Å². The van der Waals surface area contributed by atoms with Crippen LogP contribution in [0.2, 0.25) is 0 Å². The number of hydrogen-bond acceptors (Lipinski definition) is 5. The molecular weight excluding hydrogens is 222 g/mol. The lowest BCUT2D eigenvalue weighted by molar-refractivity contribution is 0.300. The van der Waals surface area contributed by atoms with Crippen molar-refractivity contribution in [2.45, 2.75) is 13.5 Å². The molecule has 0 aliphatic carbocycles. The van der Waals surface area contributed by atoms with Gasteiger partial charge in [0.1, 0.15) is 12.3 Å². The minimum atomic E-state index is 0.621. The van der Waals surface area contributed by atoms with E-state index in [1.165, 1.54) is 10.4 Å². The fourth-order valence-electron chi connectivity index (χ4n) is 1.69. The summed E-state index contributed by atoms with van der Waals surface area (Å²) >= 11 is 1.70. The third-order valence-electron chi connectivity index (χ3n) is 2.44. The van der Waals surface area contributed by atoms with E-state index in [2.05, 4.69) is 26.7 Å². The molecule has 1 aliphatic rings. The van der Waals surface area contributed by atoms with E-state index in [9.17, 15) is 0 Å². The Hall–Kier alpha value is -1.62. The molecule has 0 unspecified atom stereocenters. The molecule has 0 radical (unpaired) electrons. The second kappa shape index (κ2) is 3.75. The Morgan fingerprint density at radius 3 is 3.38 bits per heavy atom. The fraction of sp³-hybridized carbons (Fsp3) is 0.273. The average molecular weight is 233 g/mol. The highest BCUT2D eigenvalue weighted by Crippen LogP contribution is 2.39. The first-order valence-corrected chi connectivity index (χ1v) is 6.07. The summed E-state index contributed by atoms with van der Waals surface area (Å²) in [6.45, 7) is 3.46. The van der Waals surface area contributed by atoms with Gasteiger partial charge in [0, 0.05) is 12.1 Å². The Balaban J connectivity index is 2.11. The number of rotatable bonds is 2. The number of thiophene rings is 1. The van der Waals surface area contributed by atoms with Crippen molar-refractivity contribution in [3.05, 3.63) is 23.2 Å². The Kier molecular flexibility index (Phi) is 2.25. The minimum absolute atomic E-state index is 0.621. The molecule has 2 aromatic heterocycles. The molecule has 0 amide bonds. The highest BCUT2D eigenvalue weighted by atomic mass is 32.1. The normalized spacial score (nSPS) is 12.6. The third-order valence-corrected chi connectivity index (χ3v) is 3.40. The van der Waals surface area contributed by atoms with Gasteiger partial charge in [-0.1, -0.05) is 0 Å². The van der Waals surface area contributed by atoms with Crippen molar-refractivity contribution in [3.63, 3.8) is 0 Å². The van der Waals surface area contributed by atoms with Gasteiger partial charge in [0.25, 0.3) is 0 Å². The lowest BCUT2D eigenvalue weighted by Crippen LogP contribution is -2.08. The molecule has 0 saturated carbocycles. The van der Waals surface area contributed by atoms with Gasteiger partial charge in [0.05, 0.1) is 11.1 Å². The first-order valence-electron chi connectivity index (χ1n) is 5.19. The number of hydrogen-bond donors (Lipinski definition) is 1. The zero-order valence-electron chi connectivity index (χ0n) is 8.86. The van der Waals surface area contributed by atoms with Gasteiger partial charge in [0.15, 0.2) is 5.75 Å². The van der Waals surface area contributed by atoms with Gasteiger partial charge in [-0.15, -0.1) is 11.3 Å². The molecule has 0 fully saturated rings. The maximum absolute atomic E-state index is 5.60. The Bertz CT molecular complexity index is 524. The molecule has 0 aromatic carbocycles. The van der Waals surface area contributed by atoms with Crippen molar-refractivity contribution < 1.29 is 4.74 Å². The van der Waals surface area contributed by atoms with Crippen LogP contribution in [0.15, 0.2) is 17.6 Å². The summed E-state index contributed by atoms with van der Waals surface area (Å²) in [6, 6.07) is 2.08. The van der Waals surface area contributed by atoms with Crippen LogP contribution in [0.1, 0.15) is 12.5 Å². The highest BCUT2D eigenvalue weighted by molar-refractivity contribution is 7.13. The molecule has 1 aliphatic heterocycles. The second-order valence-corrected chi connectivity index (χ2v) is 4.42. The van der Waals surface area contributed by atoms with E-state index in [4.69, 9.17) is 4.74 Å². The highest BCUT2D eigenvalue weighted by Gasteiger charge is 2.20. The van der Waals surface area contributed by atoms with Gasteiger partial charge in [-0.05, 0) is 18.4 Å². The summed E-state index contributed by atoms with van der Waals surface area (Å²) in [5.41, 5.74) is 2.11. The summed E-state index contributed by atoms with van der Waals surface area (Å²) in [7, 11) is 0. The number of fused-ring (bicyclic) bond motifs is 3. The maximum Gasteiger partial charge on any atom is 0.223 e. The monoisotopic (exact) mass is 233 g/mol. The van der Waals surface area contributed by atoms with E-state index in [1.807, 2.05) is 6.92 Å². The molecular formula is C11H11N3OS. The van der Waals surface area contributed by atoms with Crippen LogP contribution in [0.4, 0.5) is 5.95 Å². The van der Waals surface area contributed by atoms with Crippen LogP contribution < -0.4 is 10.1 Å². The number of anilines is 1. The van der Waals surface area contributed by atoms with E-state index in [1.54, 1.807) is 17.5 Å². The molecule has 16 heavy (non-hydrogen) atoms. The molecule has 3 heterocycles. The molecule has 0 spiro atoms. The first-order chi connectivity index (χ1) is 7.88. The summed E-state index contributed by atoms with van der Waals surface area (Å²) in [4.78, 5) is 9.87. The van der Waals surface area contributed by atoms with Crippen molar-refractivity contribution in [2.24, 2.45) is 0 Å². The minimum Gasteiger partial charge on any atom is -0.485 e. The number of ether oxygens (including phenoxy) is 1. The summed E-state index contributed by atoms with van der Waals surface area (Å²) in [6.07, 6.45) is 1.74. The zero-order chi connectivity index (χ0) is 11.0. The van der Waals surface area contributed by atoms with Crippen LogP contribution >= 0.6 is 11.3 Å². The molecule has 0 bridgehead atoms. The van der Waals surface area contributed by atoms with Gasteiger partial charge in [-0.25, -0.2) is 9.97 Å². The molecule has 0 atom stereocenters. The van der Waals surface area contributed by atoms with Crippen molar-refractivity contribution in [3.8, 4) is 16.3 Å². The average Bonchev–Trinajstić information content (AvgIpc) is 2.78. The molecule has 2 aromatic rings. The lowest BCUT2D eigenvalue weighted by atomic mass is 10.2. The van der Waals surface area contributed by atoms with Gasteiger partial charge in [-0.2, -0.15) is 0 Å². The smallest absolute Gasteiger partial charge is 0.223 e. The predicted molar refractivity (Wildman–Crippen MR) is 63.8 cm³/mol. The molecule has 4 nitrogen and oxygen atoms in total. The van der Waals surface area contributed by atoms with E-state index in [-0.39, 0.29) is 0 Å². The number of aromatic nitrogens is 2. The van der Waals surface area contributed by atoms with E-state index in [0.717, 1.165) is 18.0 Å². The Labute approximate surface area is 97.3 Å². The fourth-order valence-corrected chi connectivity index (χ4v) is 2.60. The second-order valence-electron chi connectivity index (χ2n) is 3.50. The summed E-state index contributed by atoms with van der Waals surface area (Å²) in [5.74, 6) is 1.43. The van der Waals surface area contributed by atoms with Crippen LogP contribution in [0.3, 0.4) is 0 Å². The Morgan fingerprint density at radius 1 is 1.56 bits per heavy atom. The van der Waals surface area contributed by atoms with Crippen LogP contribution in [0, 0.1) is 0 Å². The van der Waals surface area contributed by atoms with Gasteiger partial charge >= 0.3 is 0 Å². The van der Waals surface area contributed by atoms with E-state index >= 15 is 0 Å². The number of nitrogens with one attached hydrogen (secondary N) is 1. The summed E-state index contributed by atoms with van der Waals surface area (Å²) in [5, 5.41) is 5.18.